The Balaban J connectivity index is 1.98. The summed E-state index contributed by atoms with van der Waals surface area (Å²) in [5.41, 5.74) is 3.15. The van der Waals surface area contributed by atoms with E-state index in [1.165, 1.54) is 18.4 Å². The molecule has 0 aliphatic heterocycles. The van der Waals surface area contributed by atoms with E-state index in [1.54, 1.807) is 4.68 Å². The van der Waals surface area contributed by atoms with E-state index in [-0.39, 0.29) is 6.10 Å². The van der Waals surface area contributed by atoms with Gasteiger partial charge in [-0.2, -0.15) is 5.10 Å². The zero-order valence-electron chi connectivity index (χ0n) is 11.1. The van der Waals surface area contributed by atoms with Crippen molar-refractivity contribution in [3.05, 3.63) is 28.1 Å². The van der Waals surface area contributed by atoms with E-state index in [4.69, 9.17) is 11.6 Å². The molecule has 0 saturated carbocycles. The van der Waals surface area contributed by atoms with E-state index in [9.17, 15) is 5.11 Å². The molecule has 1 aromatic rings. The van der Waals surface area contributed by atoms with Gasteiger partial charge in [-0.1, -0.05) is 23.3 Å². The number of aromatic nitrogens is 2. The number of rotatable bonds is 4. The molecule has 0 spiro atoms. The molecule has 1 aliphatic rings. The fourth-order valence-corrected chi connectivity index (χ4v) is 2.83. The predicted octanol–water partition coefficient (Wildman–Crippen LogP) is 3.18. The molecule has 0 aromatic carbocycles. The molecule has 1 aromatic heterocycles. The van der Waals surface area contributed by atoms with Crippen LogP contribution < -0.4 is 0 Å². The fraction of sp³-hybridized carbons (Fsp3) is 0.643. The summed E-state index contributed by atoms with van der Waals surface area (Å²) >= 11 is 6.19. The number of nitrogens with zero attached hydrogens (tertiary/aromatic N) is 2. The lowest BCUT2D eigenvalue weighted by molar-refractivity contribution is 0.171. The summed E-state index contributed by atoms with van der Waals surface area (Å²) in [5.74, 6) is 0. The lowest BCUT2D eigenvalue weighted by atomic mass is 9.94. The molecule has 18 heavy (non-hydrogen) atoms. The normalized spacial score (nSPS) is 17.7. The van der Waals surface area contributed by atoms with Gasteiger partial charge in [0.2, 0.25) is 0 Å². The third-order valence-electron chi connectivity index (χ3n) is 3.57. The second-order valence-electron chi connectivity index (χ2n) is 5.14. The first-order valence-electron chi connectivity index (χ1n) is 6.62. The lowest BCUT2D eigenvalue weighted by Gasteiger charge is -2.16. The van der Waals surface area contributed by atoms with Crippen LogP contribution in [0.15, 0.2) is 11.6 Å². The SMILES string of the molecule is Cc1nn(C)c(CC(O)CC2=CCCCC2)c1Cl. The van der Waals surface area contributed by atoms with Gasteiger partial charge in [-0.15, -0.1) is 0 Å². The Morgan fingerprint density at radius 1 is 1.44 bits per heavy atom. The largest absolute Gasteiger partial charge is 0.392 e. The van der Waals surface area contributed by atoms with Gasteiger partial charge >= 0.3 is 0 Å². The molecule has 1 N–H and O–H groups in total. The van der Waals surface area contributed by atoms with Crippen LogP contribution in [0.2, 0.25) is 5.02 Å². The predicted molar refractivity (Wildman–Crippen MR) is 73.8 cm³/mol. The molecule has 2 rings (SSSR count). The maximum absolute atomic E-state index is 10.2. The van der Waals surface area contributed by atoms with Crippen LogP contribution in [-0.2, 0) is 13.5 Å². The third kappa shape index (κ3) is 3.15. The van der Waals surface area contributed by atoms with Gasteiger partial charge in [0.15, 0.2) is 0 Å². The highest BCUT2D eigenvalue weighted by Gasteiger charge is 2.17. The summed E-state index contributed by atoms with van der Waals surface area (Å²) in [6.45, 7) is 1.89. The first-order valence-corrected chi connectivity index (χ1v) is 6.99. The maximum atomic E-state index is 10.2. The highest BCUT2D eigenvalue weighted by atomic mass is 35.5. The van der Waals surface area contributed by atoms with Crippen LogP contribution in [0.5, 0.6) is 0 Å². The smallest absolute Gasteiger partial charge is 0.0847 e. The van der Waals surface area contributed by atoms with Crippen LogP contribution in [0.4, 0.5) is 0 Å². The van der Waals surface area contributed by atoms with E-state index in [2.05, 4.69) is 11.2 Å². The van der Waals surface area contributed by atoms with E-state index in [1.807, 2.05) is 14.0 Å². The van der Waals surface area contributed by atoms with Crippen LogP contribution in [0.1, 0.15) is 43.5 Å². The van der Waals surface area contributed by atoms with E-state index >= 15 is 0 Å². The number of hydrogen-bond donors (Lipinski definition) is 1. The van der Waals surface area contributed by atoms with Gasteiger partial charge in [0.1, 0.15) is 0 Å². The summed E-state index contributed by atoms with van der Waals surface area (Å²) in [4.78, 5) is 0. The monoisotopic (exact) mass is 268 g/mol. The van der Waals surface area contributed by atoms with E-state index < -0.39 is 0 Å². The Labute approximate surface area is 113 Å². The van der Waals surface area contributed by atoms with Crippen molar-refractivity contribution in [1.29, 1.82) is 0 Å². The van der Waals surface area contributed by atoms with Crippen molar-refractivity contribution < 1.29 is 5.11 Å². The molecule has 0 radical (unpaired) electrons. The molecule has 4 heteroatoms. The molecule has 1 heterocycles. The zero-order valence-corrected chi connectivity index (χ0v) is 11.9. The van der Waals surface area contributed by atoms with Crippen LogP contribution >= 0.6 is 11.6 Å². The summed E-state index contributed by atoms with van der Waals surface area (Å²) < 4.78 is 1.77. The number of halogens is 1. The fourth-order valence-electron chi connectivity index (χ4n) is 2.59. The lowest BCUT2D eigenvalue weighted by Crippen LogP contribution is -2.15. The Morgan fingerprint density at radius 2 is 2.22 bits per heavy atom. The zero-order chi connectivity index (χ0) is 13.1. The summed E-state index contributed by atoms with van der Waals surface area (Å²) in [5, 5.41) is 15.1. The molecule has 100 valence electrons. The minimum absolute atomic E-state index is 0.360. The number of aliphatic hydroxyl groups excluding tert-OH is 1. The van der Waals surface area contributed by atoms with Crippen LogP contribution in [0.3, 0.4) is 0 Å². The van der Waals surface area contributed by atoms with Crippen LogP contribution in [-0.4, -0.2) is 21.0 Å². The summed E-state index contributed by atoms with van der Waals surface area (Å²) in [6, 6.07) is 0. The Kier molecular flexibility index (Phi) is 4.46. The number of aliphatic hydroxyl groups is 1. The second-order valence-corrected chi connectivity index (χ2v) is 5.52. The standard InChI is InChI=1S/C14H21ClN2O/c1-10-14(15)13(17(2)16-10)9-12(18)8-11-6-4-3-5-7-11/h6,12,18H,3-5,7-9H2,1-2H3. The number of aryl methyl sites for hydroxylation is 2. The van der Waals surface area contributed by atoms with Gasteiger partial charge < -0.3 is 5.11 Å². The van der Waals surface area contributed by atoms with Crippen molar-refractivity contribution in [2.75, 3.05) is 0 Å². The molecule has 3 nitrogen and oxygen atoms in total. The number of hydrogen-bond acceptors (Lipinski definition) is 2. The molecule has 1 aliphatic carbocycles. The van der Waals surface area contributed by atoms with Crippen molar-refractivity contribution in [2.45, 2.75) is 51.6 Å². The van der Waals surface area contributed by atoms with Crippen molar-refractivity contribution in [3.63, 3.8) is 0 Å². The highest BCUT2D eigenvalue weighted by Crippen LogP contribution is 2.25. The minimum atomic E-state index is -0.360. The Morgan fingerprint density at radius 3 is 2.78 bits per heavy atom. The average molecular weight is 269 g/mol. The van der Waals surface area contributed by atoms with Crippen molar-refractivity contribution in [3.8, 4) is 0 Å². The minimum Gasteiger partial charge on any atom is -0.392 e. The van der Waals surface area contributed by atoms with Gasteiger partial charge in [0.05, 0.1) is 22.5 Å². The quantitative estimate of drug-likeness (QED) is 0.852. The molecule has 0 amide bonds. The Hall–Kier alpha value is -0.800. The molecule has 1 atom stereocenters. The summed E-state index contributed by atoms with van der Waals surface area (Å²) in [6.07, 6.45) is 8.09. The van der Waals surface area contributed by atoms with Gasteiger partial charge in [-0.3, -0.25) is 4.68 Å². The Bertz CT molecular complexity index is 451. The molecular weight excluding hydrogens is 248 g/mol. The van der Waals surface area contributed by atoms with Gasteiger partial charge in [-0.05, 0) is 39.0 Å². The topological polar surface area (TPSA) is 38.0 Å². The van der Waals surface area contributed by atoms with Gasteiger partial charge in [0, 0.05) is 13.5 Å². The number of allylic oxidation sites excluding steroid dienone is 1. The summed E-state index contributed by atoms with van der Waals surface area (Å²) in [7, 11) is 1.88. The molecule has 0 bridgehead atoms. The maximum Gasteiger partial charge on any atom is 0.0847 e. The van der Waals surface area contributed by atoms with Crippen molar-refractivity contribution in [2.24, 2.45) is 7.05 Å². The highest BCUT2D eigenvalue weighted by molar-refractivity contribution is 6.31. The second kappa shape index (κ2) is 5.89. The van der Waals surface area contributed by atoms with Crippen molar-refractivity contribution >= 4 is 11.6 Å². The van der Waals surface area contributed by atoms with Gasteiger partial charge in [-0.25, -0.2) is 0 Å². The first kappa shape index (κ1) is 13.6. The van der Waals surface area contributed by atoms with Gasteiger partial charge in [0.25, 0.3) is 0 Å². The molecular formula is C14H21ClN2O. The first-order chi connectivity index (χ1) is 8.58. The van der Waals surface area contributed by atoms with E-state index in [0.717, 1.165) is 30.7 Å². The average Bonchev–Trinajstić information content (AvgIpc) is 2.57. The van der Waals surface area contributed by atoms with Crippen LogP contribution in [0.25, 0.3) is 0 Å². The molecule has 1 unspecified atom stereocenters. The molecule has 0 saturated heterocycles. The van der Waals surface area contributed by atoms with E-state index in [0.29, 0.717) is 11.4 Å². The third-order valence-corrected chi connectivity index (χ3v) is 4.07. The van der Waals surface area contributed by atoms with Crippen molar-refractivity contribution in [1.82, 2.24) is 9.78 Å². The molecule has 0 fully saturated rings. The van der Waals surface area contributed by atoms with Crippen LogP contribution in [0, 0.1) is 6.92 Å².